The summed E-state index contributed by atoms with van der Waals surface area (Å²) in [6.07, 6.45) is 0. The summed E-state index contributed by atoms with van der Waals surface area (Å²) in [5, 5.41) is 1.71. The monoisotopic (exact) mass is 346 g/mol. The first-order valence-electron chi connectivity index (χ1n) is 7.42. The van der Waals surface area contributed by atoms with Crippen LogP contribution >= 0.6 is 11.3 Å². The first-order chi connectivity index (χ1) is 10.1. The second-order valence-corrected chi connectivity index (χ2v) is 9.50. The van der Waals surface area contributed by atoms with Gasteiger partial charge in [0.15, 0.2) is 0 Å². The molecule has 0 aromatic carbocycles. The van der Waals surface area contributed by atoms with Gasteiger partial charge in [0, 0.05) is 20.1 Å². The van der Waals surface area contributed by atoms with Crippen LogP contribution in [0, 0.1) is 11.8 Å². The Balaban J connectivity index is 2.80. The standard InChI is InChI=1S/C15H26N2O3S2/c1-12(2)9-17(10-13(3)4)14(18)11-16(5)22(19,20)15-7-6-8-21-15/h6-8,12-13H,9-11H2,1-5H3. The van der Waals surface area contributed by atoms with Gasteiger partial charge in [0.25, 0.3) is 10.0 Å². The highest BCUT2D eigenvalue weighted by Gasteiger charge is 2.26. The highest BCUT2D eigenvalue weighted by atomic mass is 32.2. The zero-order valence-electron chi connectivity index (χ0n) is 13.9. The third-order valence-electron chi connectivity index (χ3n) is 3.04. The minimum Gasteiger partial charge on any atom is -0.341 e. The van der Waals surface area contributed by atoms with Gasteiger partial charge in [0.05, 0.1) is 6.54 Å². The Morgan fingerprint density at radius 1 is 1.18 bits per heavy atom. The predicted molar refractivity (Wildman–Crippen MR) is 90.4 cm³/mol. The van der Waals surface area contributed by atoms with E-state index < -0.39 is 10.0 Å². The summed E-state index contributed by atoms with van der Waals surface area (Å²) in [6, 6.07) is 3.25. The van der Waals surface area contributed by atoms with Gasteiger partial charge in [-0.05, 0) is 23.3 Å². The molecule has 0 unspecified atom stereocenters. The number of amides is 1. The van der Waals surface area contributed by atoms with Crippen molar-refractivity contribution < 1.29 is 13.2 Å². The largest absolute Gasteiger partial charge is 0.341 e. The lowest BCUT2D eigenvalue weighted by Gasteiger charge is -2.28. The van der Waals surface area contributed by atoms with Gasteiger partial charge in [-0.1, -0.05) is 33.8 Å². The van der Waals surface area contributed by atoms with Gasteiger partial charge in [0.2, 0.25) is 5.91 Å². The number of carbonyl (C=O) groups excluding carboxylic acids is 1. The minimum atomic E-state index is -3.58. The second-order valence-electron chi connectivity index (χ2n) is 6.28. The number of thiophene rings is 1. The molecule has 7 heteroatoms. The van der Waals surface area contributed by atoms with Crippen molar-refractivity contribution in [1.82, 2.24) is 9.21 Å². The highest BCUT2D eigenvalue weighted by Crippen LogP contribution is 2.19. The molecule has 0 fully saturated rings. The summed E-state index contributed by atoms with van der Waals surface area (Å²) >= 11 is 1.16. The topological polar surface area (TPSA) is 57.7 Å². The normalized spacial score (nSPS) is 12.4. The van der Waals surface area contributed by atoms with Gasteiger partial charge in [-0.15, -0.1) is 11.3 Å². The van der Waals surface area contributed by atoms with Crippen LogP contribution in [0.2, 0.25) is 0 Å². The van der Waals surface area contributed by atoms with Crippen LogP contribution in [0.1, 0.15) is 27.7 Å². The molecular formula is C15H26N2O3S2. The van der Waals surface area contributed by atoms with E-state index in [0.717, 1.165) is 15.6 Å². The van der Waals surface area contributed by atoms with Crippen molar-refractivity contribution in [2.45, 2.75) is 31.9 Å². The number of hydrogen-bond acceptors (Lipinski definition) is 4. The fourth-order valence-electron chi connectivity index (χ4n) is 2.10. The summed E-state index contributed by atoms with van der Waals surface area (Å²) in [5.41, 5.74) is 0. The molecule has 0 spiro atoms. The molecule has 1 amide bonds. The second kappa shape index (κ2) is 8.08. The number of carbonyl (C=O) groups is 1. The highest BCUT2D eigenvalue weighted by molar-refractivity contribution is 7.91. The number of likely N-dealkylation sites (N-methyl/N-ethyl adjacent to an activating group) is 1. The van der Waals surface area contributed by atoms with Gasteiger partial charge >= 0.3 is 0 Å². The summed E-state index contributed by atoms with van der Waals surface area (Å²) in [6.45, 7) is 9.35. The van der Waals surface area contributed by atoms with Crippen molar-refractivity contribution in [3.05, 3.63) is 17.5 Å². The van der Waals surface area contributed by atoms with Gasteiger partial charge < -0.3 is 4.90 Å². The predicted octanol–water partition coefficient (Wildman–Crippen LogP) is 2.51. The average Bonchev–Trinajstić information content (AvgIpc) is 2.90. The zero-order valence-corrected chi connectivity index (χ0v) is 15.6. The molecule has 0 saturated carbocycles. The molecule has 1 heterocycles. The molecule has 0 aliphatic heterocycles. The number of hydrogen-bond donors (Lipinski definition) is 0. The zero-order chi connectivity index (χ0) is 16.9. The van der Waals surface area contributed by atoms with Crippen LogP contribution in [0.5, 0.6) is 0 Å². The molecule has 0 atom stereocenters. The van der Waals surface area contributed by atoms with Crippen LogP contribution in [-0.2, 0) is 14.8 Å². The van der Waals surface area contributed by atoms with E-state index in [9.17, 15) is 13.2 Å². The van der Waals surface area contributed by atoms with Crippen LogP contribution in [0.3, 0.4) is 0 Å². The lowest BCUT2D eigenvalue weighted by Crippen LogP contribution is -2.43. The molecule has 1 rings (SSSR count). The van der Waals surface area contributed by atoms with E-state index >= 15 is 0 Å². The molecule has 5 nitrogen and oxygen atoms in total. The molecular weight excluding hydrogens is 320 g/mol. The maximum atomic E-state index is 12.5. The maximum absolute atomic E-state index is 12.5. The molecule has 0 aliphatic rings. The fourth-order valence-corrected chi connectivity index (χ4v) is 4.42. The van der Waals surface area contributed by atoms with Gasteiger partial charge in [-0.2, -0.15) is 4.31 Å². The van der Waals surface area contributed by atoms with E-state index in [-0.39, 0.29) is 16.7 Å². The minimum absolute atomic E-state index is 0.125. The molecule has 126 valence electrons. The van der Waals surface area contributed by atoms with E-state index in [1.54, 1.807) is 22.4 Å². The Kier molecular flexibility index (Phi) is 7.02. The van der Waals surface area contributed by atoms with Crippen molar-refractivity contribution in [1.29, 1.82) is 0 Å². The fraction of sp³-hybridized carbons (Fsp3) is 0.667. The molecule has 0 radical (unpaired) electrons. The summed E-state index contributed by atoms with van der Waals surface area (Å²) < 4.78 is 26.1. The van der Waals surface area contributed by atoms with Gasteiger partial charge in [-0.3, -0.25) is 4.79 Å². The summed E-state index contributed by atoms with van der Waals surface area (Å²) in [4.78, 5) is 14.2. The van der Waals surface area contributed by atoms with Crippen molar-refractivity contribution in [2.24, 2.45) is 11.8 Å². The number of nitrogens with zero attached hydrogens (tertiary/aromatic N) is 2. The first-order valence-corrected chi connectivity index (χ1v) is 9.74. The molecule has 1 aromatic heterocycles. The average molecular weight is 347 g/mol. The third kappa shape index (κ3) is 5.37. The Bertz CT molecular complexity index is 556. The van der Waals surface area contributed by atoms with Crippen LogP contribution < -0.4 is 0 Å². The Labute approximate surface area is 138 Å². The molecule has 0 bridgehead atoms. The van der Waals surface area contributed by atoms with Crippen molar-refractivity contribution in [2.75, 3.05) is 26.7 Å². The van der Waals surface area contributed by atoms with Crippen LogP contribution in [0.4, 0.5) is 0 Å². The molecule has 1 aromatic rings. The summed E-state index contributed by atoms with van der Waals surface area (Å²) in [7, 11) is -2.12. The van der Waals surface area contributed by atoms with Crippen LogP contribution in [-0.4, -0.2) is 50.2 Å². The number of sulfonamides is 1. The van der Waals surface area contributed by atoms with E-state index in [1.165, 1.54) is 7.05 Å². The Hall–Kier alpha value is -0.920. The quantitative estimate of drug-likeness (QED) is 0.727. The lowest BCUT2D eigenvalue weighted by molar-refractivity contribution is -0.132. The summed E-state index contributed by atoms with van der Waals surface area (Å²) in [5.74, 6) is 0.550. The van der Waals surface area contributed by atoms with Gasteiger partial charge in [0.1, 0.15) is 4.21 Å². The maximum Gasteiger partial charge on any atom is 0.252 e. The Morgan fingerprint density at radius 2 is 1.73 bits per heavy atom. The number of rotatable bonds is 8. The van der Waals surface area contributed by atoms with E-state index in [4.69, 9.17) is 0 Å². The van der Waals surface area contributed by atoms with E-state index in [0.29, 0.717) is 24.9 Å². The first kappa shape index (κ1) is 19.1. The molecule has 0 aliphatic carbocycles. The van der Waals surface area contributed by atoms with Crippen LogP contribution in [0.25, 0.3) is 0 Å². The van der Waals surface area contributed by atoms with Crippen molar-refractivity contribution in [3.8, 4) is 0 Å². The van der Waals surface area contributed by atoms with Crippen molar-refractivity contribution in [3.63, 3.8) is 0 Å². The molecule has 0 N–H and O–H groups in total. The Morgan fingerprint density at radius 3 is 2.14 bits per heavy atom. The van der Waals surface area contributed by atoms with Crippen LogP contribution in [0.15, 0.2) is 21.7 Å². The van der Waals surface area contributed by atoms with Gasteiger partial charge in [-0.25, -0.2) is 8.42 Å². The van der Waals surface area contributed by atoms with Crippen molar-refractivity contribution >= 4 is 27.3 Å². The lowest BCUT2D eigenvalue weighted by atomic mass is 10.1. The molecule has 22 heavy (non-hydrogen) atoms. The van der Waals surface area contributed by atoms with E-state index in [2.05, 4.69) is 0 Å². The molecule has 0 saturated heterocycles. The van der Waals surface area contributed by atoms with E-state index in [1.807, 2.05) is 27.7 Å². The third-order valence-corrected chi connectivity index (χ3v) is 6.22. The smallest absolute Gasteiger partial charge is 0.252 e. The SMILES string of the molecule is CC(C)CN(CC(C)C)C(=O)CN(C)S(=O)(=O)c1cccs1.